The highest BCUT2D eigenvalue weighted by molar-refractivity contribution is 7.17. The van der Waals surface area contributed by atoms with E-state index in [1.807, 2.05) is 30.3 Å². The first-order chi connectivity index (χ1) is 14.2. The normalized spacial score (nSPS) is 12.0. The van der Waals surface area contributed by atoms with Crippen LogP contribution in [0.4, 0.5) is 5.69 Å². The topological polar surface area (TPSA) is 37.6 Å². The number of hydrogen-bond acceptors (Lipinski definition) is 3. The van der Waals surface area contributed by atoms with Crippen molar-refractivity contribution in [2.45, 2.75) is 27.3 Å². The summed E-state index contributed by atoms with van der Waals surface area (Å²) in [6.07, 6.45) is 0. The SMILES string of the molecule is CCN(CC)c1ccc(C(=O)N=c2sc3c4ccccc4ccc3n2CC)cc1. The van der Waals surface area contributed by atoms with Crippen molar-refractivity contribution in [3.63, 3.8) is 0 Å². The summed E-state index contributed by atoms with van der Waals surface area (Å²) in [6.45, 7) is 9.01. The zero-order valence-corrected chi connectivity index (χ0v) is 17.9. The van der Waals surface area contributed by atoms with Gasteiger partial charge in [0, 0.05) is 36.3 Å². The highest BCUT2D eigenvalue weighted by Crippen LogP contribution is 2.27. The highest BCUT2D eigenvalue weighted by Gasteiger charge is 2.11. The fourth-order valence-electron chi connectivity index (χ4n) is 3.74. The van der Waals surface area contributed by atoms with Crippen molar-refractivity contribution in [1.82, 2.24) is 4.57 Å². The van der Waals surface area contributed by atoms with Gasteiger partial charge in [-0.1, -0.05) is 41.7 Å². The van der Waals surface area contributed by atoms with Crippen LogP contribution in [0.15, 0.2) is 65.7 Å². The van der Waals surface area contributed by atoms with E-state index in [0.717, 1.165) is 35.6 Å². The Morgan fingerprint density at radius 2 is 1.69 bits per heavy atom. The standard InChI is InChI=1S/C24H25N3OS/c1-4-26(5-2)19-14-11-18(12-15-19)23(28)25-24-27(6-3)21-16-13-17-9-7-8-10-20(17)22(21)29-24/h7-16H,4-6H2,1-3H3. The monoisotopic (exact) mass is 403 g/mol. The first-order valence-electron chi connectivity index (χ1n) is 10.1. The van der Waals surface area contributed by atoms with E-state index >= 15 is 0 Å². The van der Waals surface area contributed by atoms with Crippen molar-refractivity contribution >= 4 is 43.9 Å². The molecule has 1 aromatic heterocycles. The number of aromatic nitrogens is 1. The number of fused-ring (bicyclic) bond motifs is 3. The van der Waals surface area contributed by atoms with Gasteiger partial charge >= 0.3 is 0 Å². The van der Waals surface area contributed by atoms with Gasteiger partial charge in [0.15, 0.2) is 4.80 Å². The highest BCUT2D eigenvalue weighted by atomic mass is 32.1. The van der Waals surface area contributed by atoms with Gasteiger partial charge in [-0.05, 0) is 56.5 Å². The smallest absolute Gasteiger partial charge is 0.279 e. The first-order valence-corrected chi connectivity index (χ1v) is 10.9. The molecule has 0 N–H and O–H groups in total. The number of aryl methyl sites for hydroxylation is 1. The Balaban J connectivity index is 1.77. The van der Waals surface area contributed by atoms with Gasteiger partial charge in [0.25, 0.3) is 5.91 Å². The Kier molecular flexibility index (Phi) is 5.49. The molecule has 5 heteroatoms. The molecular formula is C24H25N3OS. The van der Waals surface area contributed by atoms with Crippen LogP contribution in [0.5, 0.6) is 0 Å². The van der Waals surface area contributed by atoms with Crippen LogP contribution in [0.25, 0.3) is 21.0 Å². The van der Waals surface area contributed by atoms with Gasteiger partial charge in [-0.3, -0.25) is 4.79 Å². The lowest BCUT2D eigenvalue weighted by Crippen LogP contribution is -2.21. The van der Waals surface area contributed by atoms with Gasteiger partial charge in [-0.2, -0.15) is 4.99 Å². The molecule has 1 amide bonds. The van der Waals surface area contributed by atoms with Crippen LogP contribution in [0, 0.1) is 0 Å². The summed E-state index contributed by atoms with van der Waals surface area (Å²) in [5.41, 5.74) is 2.87. The second-order valence-corrected chi connectivity index (χ2v) is 7.88. The number of benzene rings is 3. The Hall–Kier alpha value is -2.92. The number of rotatable bonds is 5. The van der Waals surface area contributed by atoms with Gasteiger partial charge < -0.3 is 9.47 Å². The third-order valence-corrected chi connectivity index (χ3v) is 6.46. The van der Waals surface area contributed by atoms with Crippen LogP contribution in [0.3, 0.4) is 0 Å². The lowest BCUT2D eigenvalue weighted by Gasteiger charge is -2.20. The van der Waals surface area contributed by atoms with E-state index in [4.69, 9.17) is 0 Å². The average Bonchev–Trinajstić information content (AvgIpc) is 3.12. The zero-order valence-electron chi connectivity index (χ0n) is 17.1. The van der Waals surface area contributed by atoms with Crippen LogP contribution in [0.2, 0.25) is 0 Å². The molecule has 4 rings (SSSR count). The van der Waals surface area contributed by atoms with Crippen LogP contribution >= 0.6 is 11.3 Å². The summed E-state index contributed by atoms with van der Waals surface area (Å²) in [5, 5.41) is 2.41. The van der Waals surface area contributed by atoms with Crippen LogP contribution in [0.1, 0.15) is 31.1 Å². The number of nitrogens with zero attached hydrogens (tertiary/aromatic N) is 3. The molecule has 0 fully saturated rings. The number of anilines is 1. The molecule has 0 atom stereocenters. The second-order valence-electron chi connectivity index (χ2n) is 6.90. The minimum Gasteiger partial charge on any atom is -0.372 e. The van der Waals surface area contributed by atoms with Crippen molar-refractivity contribution in [1.29, 1.82) is 0 Å². The van der Waals surface area contributed by atoms with Crippen LogP contribution in [-0.4, -0.2) is 23.6 Å². The summed E-state index contributed by atoms with van der Waals surface area (Å²) >= 11 is 1.58. The largest absolute Gasteiger partial charge is 0.372 e. The Morgan fingerprint density at radius 3 is 2.38 bits per heavy atom. The number of carbonyl (C=O) groups excluding carboxylic acids is 1. The fraction of sp³-hybridized carbons (Fsp3) is 0.250. The minimum absolute atomic E-state index is 0.200. The van der Waals surface area contributed by atoms with Gasteiger partial charge in [0.2, 0.25) is 0 Å². The van der Waals surface area contributed by atoms with E-state index in [1.165, 1.54) is 15.5 Å². The summed E-state index contributed by atoms with van der Waals surface area (Å²) in [6, 6.07) is 20.4. The molecular weight excluding hydrogens is 378 g/mol. The fourth-order valence-corrected chi connectivity index (χ4v) is 4.97. The predicted molar refractivity (Wildman–Crippen MR) is 123 cm³/mol. The lowest BCUT2D eigenvalue weighted by molar-refractivity contribution is 0.0998. The lowest BCUT2D eigenvalue weighted by atomic mass is 10.1. The molecule has 0 saturated heterocycles. The van der Waals surface area contributed by atoms with E-state index in [9.17, 15) is 4.79 Å². The molecule has 0 bridgehead atoms. The summed E-state index contributed by atoms with van der Waals surface area (Å²) in [5.74, 6) is -0.200. The van der Waals surface area contributed by atoms with E-state index < -0.39 is 0 Å². The summed E-state index contributed by atoms with van der Waals surface area (Å²) < 4.78 is 3.29. The molecule has 3 aromatic carbocycles. The second kappa shape index (κ2) is 8.21. The molecule has 148 valence electrons. The molecule has 0 unspecified atom stereocenters. The third kappa shape index (κ3) is 3.58. The van der Waals surface area contributed by atoms with E-state index in [-0.39, 0.29) is 5.91 Å². The number of thiazole rings is 1. The average molecular weight is 404 g/mol. The molecule has 0 saturated carbocycles. The summed E-state index contributed by atoms with van der Waals surface area (Å²) in [7, 11) is 0. The van der Waals surface area contributed by atoms with E-state index in [2.05, 4.69) is 65.6 Å². The van der Waals surface area contributed by atoms with E-state index in [0.29, 0.717) is 5.56 Å². The molecule has 0 aliphatic carbocycles. The molecule has 0 aliphatic heterocycles. The van der Waals surface area contributed by atoms with Crippen molar-refractivity contribution in [2.75, 3.05) is 18.0 Å². The maximum atomic E-state index is 12.9. The zero-order chi connectivity index (χ0) is 20.4. The molecule has 0 spiro atoms. The van der Waals surface area contributed by atoms with Crippen molar-refractivity contribution in [3.05, 3.63) is 71.0 Å². The summed E-state index contributed by atoms with van der Waals surface area (Å²) in [4.78, 5) is 20.3. The van der Waals surface area contributed by atoms with Gasteiger partial charge in [-0.25, -0.2) is 0 Å². The maximum Gasteiger partial charge on any atom is 0.279 e. The molecule has 29 heavy (non-hydrogen) atoms. The Bertz CT molecular complexity index is 1230. The van der Waals surface area contributed by atoms with Crippen molar-refractivity contribution in [3.8, 4) is 0 Å². The molecule has 0 radical (unpaired) electrons. The van der Waals surface area contributed by atoms with Crippen LogP contribution < -0.4 is 9.70 Å². The first kappa shape index (κ1) is 19.4. The number of hydrogen-bond donors (Lipinski definition) is 0. The van der Waals surface area contributed by atoms with Crippen molar-refractivity contribution in [2.24, 2.45) is 4.99 Å². The predicted octanol–water partition coefficient (Wildman–Crippen LogP) is 5.46. The minimum atomic E-state index is -0.200. The van der Waals surface area contributed by atoms with Crippen molar-refractivity contribution < 1.29 is 4.79 Å². The Morgan fingerprint density at radius 1 is 0.966 bits per heavy atom. The number of amides is 1. The molecule has 4 nitrogen and oxygen atoms in total. The van der Waals surface area contributed by atoms with Gasteiger partial charge in [0.1, 0.15) is 0 Å². The van der Waals surface area contributed by atoms with Gasteiger partial charge in [0.05, 0.1) is 10.2 Å². The third-order valence-electron chi connectivity index (χ3n) is 5.33. The molecule has 0 aliphatic rings. The quantitative estimate of drug-likeness (QED) is 0.443. The van der Waals surface area contributed by atoms with E-state index in [1.54, 1.807) is 11.3 Å². The maximum absolute atomic E-state index is 12.9. The van der Waals surface area contributed by atoms with Crippen LogP contribution in [-0.2, 0) is 6.54 Å². The Labute approximate surface area is 174 Å². The number of carbonyl (C=O) groups is 1. The molecule has 4 aromatic rings. The molecule has 1 heterocycles. The van der Waals surface area contributed by atoms with Gasteiger partial charge in [-0.15, -0.1) is 0 Å².